The minimum atomic E-state index is -1.50. The van der Waals surface area contributed by atoms with Crippen molar-refractivity contribution in [2.24, 2.45) is 0 Å². The van der Waals surface area contributed by atoms with E-state index in [1.807, 2.05) is 0 Å². The van der Waals surface area contributed by atoms with Gasteiger partial charge in [0.25, 0.3) is 11.4 Å². The summed E-state index contributed by atoms with van der Waals surface area (Å²) in [5.41, 5.74) is 0.323. The van der Waals surface area contributed by atoms with Crippen LogP contribution in [0.15, 0.2) is 36.9 Å². The molecular weight excluding hydrogens is 1030 g/mol. The molecule has 0 saturated heterocycles. The summed E-state index contributed by atoms with van der Waals surface area (Å²) in [6.07, 6.45) is 4.11. The topological polar surface area (TPSA) is 432 Å². The normalized spacial score (nSPS) is 11.8. The number of aryl methyl sites for hydroxylation is 2. The molecule has 33 heteroatoms. The number of hydrogen-bond donors (Lipinski definition) is 8. The average molecular weight is 1100 g/mol. The summed E-state index contributed by atoms with van der Waals surface area (Å²) in [5, 5.41) is 69.9. The van der Waals surface area contributed by atoms with Crippen molar-refractivity contribution in [2.45, 2.75) is 63.7 Å². The summed E-state index contributed by atoms with van der Waals surface area (Å²) >= 11 is 0. The molecule has 2 heterocycles. The Bertz CT molecular complexity index is 2280. The van der Waals surface area contributed by atoms with Gasteiger partial charge in [-0.1, -0.05) is 5.21 Å². The summed E-state index contributed by atoms with van der Waals surface area (Å²) in [6, 6.07) is -1.04. The molecule has 4 amide bonds. The van der Waals surface area contributed by atoms with Crippen molar-refractivity contribution in [3.05, 3.63) is 68.5 Å². The van der Waals surface area contributed by atoms with Gasteiger partial charge in [-0.2, -0.15) is 0 Å². The molecule has 0 aliphatic heterocycles. The van der Waals surface area contributed by atoms with E-state index in [1.165, 1.54) is 23.2 Å². The molecule has 1 aromatic carbocycles. The van der Waals surface area contributed by atoms with Crippen molar-refractivity contribution in [2.75, 3.05) is 118 Å². The van der Waals surface area contributed by atoms with E-state index in [4.69, 9.17) is 48.1 Å². The second kappa shape index (κ2) is 37.9. The van der Waals surface area contributed by atoms with Gasteiger partial charge in [-0.3, -0.25) is 29.7 Å². The van der Waals surface area contributed by atoms with Crippen LogP contribution < -0.4 is 26.6 Å². The van der Waals surface area contributed by atoms with Gasteiger partial charge in [0.15, 0.2) is 0 Å². The minimum Gasteiger partial charge on any atom is -0.481 e. The van der Waals surface area contributed by atoms with Crippen LogP contribution in [0.25, 0.3) is 0 Å². The number of nitro groups is 2. The number of imidazole rings is 1. The van der Waals surface area contributed by atoms with Crippen molar-refractivity contribution in [1.82, 2.24) is 45.8 Å². The summed E-state index contributed by atoms with van der Waals surface area (Å²) in [6.45, 7) is 5.52. The lowest BCUT2D eigenvalue weighted by Crippen LogP contribution is -2.51. The highest BCUT2D eigenvalue weighted by Crippen LogP contribution is 2.29. The summed E-state index contributed by atoms with van der Waals surface area (Å²) < 4.78 is 46.1. The van der Waals surface area contributed by atoms with Crippen molar-refractivity contribution in [3.8, 4) is 0 Å². The van der Waals surface area contributed by atoms with E-state index in [0.29, 0.717) is 110 Å². The number of rotatable bonds is 44. The number of urea groups is 2. The van der Waals surface area contributed by atoms with Gasteiger partial charge in [0, 0.05) is 44.7 Å². The molecule has 0 fully saturated rings. The first-order valence-corrected chi connectivity index (χ1v) is 24.2. The Morgan fingerprint density at radius 1 is 0.636 bits per heavy atom. The van der Waals surface area contributed by atoms with Gasteiger partial charge in [0.2, 0.25) is 0 Å². The van der Waals surface area contributed by atoms with Crippen LogP contribution >= 0.6 is 0 Å². The number of carbonyl (C=O) groups is 6. The maximum Gasteiger partial charge on any atom is 0.419 e. The molecule has 428 valence electrons. The van der Waals surface area contributed by atoms with E-state index in [-0.39, 0.29) is 64.6 Å². The quantitative estimate of drug-likeness (QED) is 0.0220. The maximum absolute atomic E-state index is 12.4. The number of amides is 4. The van der Waals surface area contributed by atoms with Crippen LogP contribution in [0, 0.1) is 20.2 Å². The number of benzene rings is 1. The van der Waals surface area contributed by atoms with Gasteiger partial charge < -0.3 is 79.8 Å². The lowest BCUT2D eigenvalue weighted by molar-refractivity contribution is -0.393. The number of non-ortho nitro benzene ring substituents is 1. The third kappa shape index (κ3) is 28.7. The molecule has 0 aliphatic carbocycles. The molecule has 33 nitrogen and oxygen atoms in total. The van der Waals surface area contributed by atoms with Gasteiger partial charge in [0.05, 0.1) is 127 Å². The molecule has 0 unspecified atom stereocenters. The fraction of sp³-hybridized carbons (Fsp3) is 0.614. The lowest BCUT2D eigenvalue weighted by Gasteiger charge is -2.18. The third-order valence-electron chi connectivity index (χ3n) is 10.2. The fourth-order valence-electron chi connectivity index (χ4n) is 6.27. The number of unbranched alkanes of at least 4 members (excludes halogenated alkanes) is 1. The Hall–Kier alpha value is -7.69. The number of anilines is 1. The van der Waals surface area contributed by atoms with Crippen LogP contribution in [0.1, 0.15) is 43.5 Å². The highest BCUT2D eigenvalue weighted by Gasteiger charge is 2.25. The number of ether oxygens (including phenoxy) is 8. The fourth-order valence-corrected chi connectivity index (χ4v) is 6.27. The van der Waals surface area contributed by atoms with E-state index in [2.05, 4.69) is 41.9 Å². The minimum absolute atomic E-state index is 0.00249. The summed E-state index contributed by atoms with van der Waals surface area (Å²) in [7, 11) is 0. The molecule has 3 rings (SSSR count). The molecule has 0 bridgehead atoms. The molecule has 0 radical (unpaired) electrons. The Labute approximate surface area is 439 Å². The highest BCUT2D eigenvalue weighted by atomic mass is 16.6. The standard InChI is InChI=1S/C44H66N12O21/c57-39(58)7-6-37(41(61)62)50-43(64)49-36(40(59)60)3-1-2-9-45-42(63)46-10-12-70-13-14-71-15-16-72-17-18-73-19-20-74-21-22-75-23-24-76-25-26-77-44(65)53-29-32(48-31-53)8-11-54-30-33(51-52-54)28-47-35-5-4-34(55(66)67)27-38(35)56(68)69/h4-5,27,29-31,36-37,47H,1-3,6-26,28H2,(H,57,58)(H,59,60)(H,61,62)(H2,45,46,63)(H2,49,50,64)/t36-,37-/m0/s1. The number of nitrogens with zero attached hydrogens (tertiary/aromatic N) is 7. The van der Waals surface area contributed by atoms with Crippen LogP contribution in [-0.2, 0) is 71.8 Å². The molecule has 2 aromatic heterocycles. The van der Waals surface area contributed by atoms with Gasteiger partial charge in [-0.15, -0.1) is 5.10 Å². The SMILES string of the molecule is O=C(O)CC[C@H](NC(=O)N[C@@H](CCCCNC(=O)NCCOCCOCCOCCOCCOCCOCCOCCOC(=O)n1cnc(CCn2cc(CNc3ccc([N+](=O)[O-])cc3[N+](=O)[O-])nn2)c1)C(=O)O)C(=O)O. The monoisotopic (exact) mass is 1100 g/mol. The van der Waals surface area contributed by atoms with E-state index in [9.17, 15) is 54.1 Å². The zero-order valence-electron chi connectivity index (χ0n) is 42.1. The predicted molar refractivity (Wildman–Crippen MR) is 262 cm³/mol. The van der Waals surface area contributed by atoms with Crippen LogP contribution in [0.5, 0.6) is 0 Å². The smallest absolute Gasteiger partial charge is 0.419 e. The Morgan fingerprint density at radius 2 is 1.18 bits per heavy atom. The van der Waals surface area contributed by atoms with Gasteiger partial charge in [-0.25, -0.2) is 33.5 Å². The van der Waals surface area contributed by atoms with E-state index in [1.54, 1.807) is 10.9 Å². The number of nitro benzene ring substituents is 2. The Morgan fingerprint density at radius 3 is 1.73 bits per heavy atom. The molecule has 0 spiro atoms. The van der Waals surface area contributed by atoms with E-state index in [0.717, 1.165) is 12.1 Å². The molecule has 77 heavy (non-hydrogen) atoms. The molecule has 0 saturated carbocycles. The first kappa shape index (κ1) is 63.6. The second-order valence-electron chi connectivity index (χ2n) is 16.0. The third-order valence-corrected chi connectivity index (χ3v) is 10.2. The van der Waals surface area contributed by atoms with Crippen molar-refractivity contribution in [1.29, 1.82) is 0 Å². The number of carbonyl (C=O) groups excluding carboxylic acids is 3. The predicted octanol–water partition coefficient (Wildman–Crippen LogP) is 0.787. The van der Waals surface area contributed by atoms with Gasteiger partial charge in [0.1, 0.15) is 36.4 Å². The highest BCUT2D eigenvalue weighted by molar-refractivity contribution is 5.86. The number of nitrogens with one attached hydrogen (secondary N) is 5. The van der Waals surface area contributed by atoms with Crippen molar-refractivity contribution < 1.29 is 91.8 Å². The second-order valence-corrected chi connectivity index (χ2v) is 16.0. The van der Waals surface area contributed by atoms with E-state index >= 15 is 0 Å². The molecule has 3 aromatic rings. The van der Waals surface area contributed by atoms with Crippen LogP contribution in [0.4, 0.5) is 31.4 Å². The number of carboxylic acid groups (broad SMARTS) is 3. The lowest BCUT2D eigenvalue weighted by atomic mass is 10.1. The number of carboxylic acids is 3. The number of aliphatic carboxylic acids is 3. The molecule has 2 atom stereocenters. The van der Waals surface area contributed by atoms with Crippen molar-refractivity contribution >= 4 is 53.1 Å². The Kier molecular flexibility index (Phi) is 31.3. The van der Waals surface area contributed by atoms with Crippen LogP contribution in [0.3, 0.4) is 0 Å². The number of aromatic nitrogens is 5. The first-order valence-electron chi connectivity index (χ1n) is 24.2. The van der Waals surface area contributed by atoms with Crippen LogP contribution in [0.2, 0.25) is 0 Å². The zero-order valence-corrected chi connectivity index (χ0v) is 42.1. The molecule has 8 N–H and O–H groups in total. The molecule has 0 aliphatic rings. The average Bonchev–Trinajstić information content (AvgIpc) is 4.08. The zero-order chi connectivity index (χ0) is 56.0. The first-order chi connectivity index (χ1) is 37.1. The summed E-state index contributed by atoms with van der Waals surface area (Å²) in [5.74, 6) is -4.04. The van der Waals surface area contributed by atoms with Crippen LogP contribution in [-0.4, -0.2) is 210 Å². The van der Waals surface area contributed by atoms with Crippen molar-refractivity contribution in [3.63, 3.8) is 0 Å². The number of hydrogen-bond acceptors (Lipinski definition) is 22. The van der Waals surface area contributed by atoms with Gasteiger partial charge >= 0.3 is 36.1 Å². The van der Waals surface area contributed by atoms with Gasteiger partial charge in [-0.05, 0) is 31.7 Å². The largest absolute Gasteiger partial charge is 0.481 e. The summed E-state index contributed by atoms with van der Waals surface area (Å²) in [4.78, 5) is 95.0. The maximum atomic E-state index is 12.4. The molecular formula is C44H66N12O21. The van der Waals surface area contributed by atoms with E-state index < -0.39 is 75.8 Å². The Balaban J connectivity index is 1.03.